The zero-order chi connectivity index (χ0) is 27.7. The third kappa shape index (κ3) is 5.41. The van der Waals surface area contributed by atoms with Crippen molar-refractivity contribution in [2.24, 2.45) is 21.7 Å². The van der Waals surface area contributed by atoms with E-state index in [0.29, 0.717) is 61.3 Å². The summed E-state index contributed by atoms with van der Waals surface area (Å²) in [6.07, 6.45) is -3.38. The summed E-state index contributed by atoms with van der Waals surface area (Å²) in [4.78, 5) is 31.6. The summed E-state index contributed by atoms with van der Waals surface area (Å²) < 4.78 is 58.2. The first-order valence-electron chi connectivity index (χ1n) is 11.9. The first-order valence-corrected chi connectivity index (χ1v) is 11.9. The van der Waals surface area contributed by atoms with Gasteiger partial charge in [0.1, 0.15) is 17.9 Å². The number of amidine groups is 1. The molecule has 39 heavy (non-hydrogen) atoms. The highest BCUT2D eigenvalue weighted by Crippen LogP contribution is 2.39. The number of nitrogens with one attached hydrogen (secondary N) is 2. The minimum absolute atomic E-state index is 0.0945. The first-order chi connectivity index (χ1) is 18.6. The van der Waals surface area contributed by atoms with E-state index >= 15 is 0 Å². The molecular formula is C25H23F4N7O3. The van der Waals surface area contributed by atoms with Gasteiger partial charge in [-0.1, -0.05) is 12.1 Å². The molecule has 2 aromatic rings. The van der Waals surface area contributed by atoms with Crippen LogP contribution in [0, 0.1) is 11.7 Å². The Kier molecular flexibility index (Phi) is 6.95. The van der Waals surface area contributed by atoms with Crippen LogP contribution in [0.15, 0.2) is 58.3 Å². The molecule has 0 saturated carbocycles. The maximum Gasteiger partial charge on any atom is 0.416 e. The van der Waals surface area contributed by atoms with Crippen LogP contribution in [0.25, 0.3) is 5.57 Å². The van der Waals surface area contributed by atoms with Crippen LogP contribution < -0.4 is 16.4 Å². The van der Waals surface area contributed by atoms with Gasteiger partial charge in [0.2, 0.25) is 5.91 Å². The number of anilines is 2. The van der Waals surface area contributed by atoms with E-state index < -0.39 is 35.2 Å². The molecule has 4 N–H and O–H groups in total. The van der Waals surface area contributed by atoms with Crippen molar-refractivity contribution in [2.75, 3.05) is 43.5 Å². The predicted molar refractivity (Wildman–Crippen MR) is 135 cm³/mol. The van der Waals surface area contributed by atoms with Gasteiger partial charge in [-0.15, -0.1) is 0 Å². The molecule has 14 heteroatoms. The molecule has 5 rings (SSSR count). The van der Waals surface area contributed by atoms with Crippen LogP contribution in [0.3, 0.4) is 0 Å². The third-order valence-corrected chi connectivity index (χ3v) is 6.46. The monoisotopic (exact) mass is 545 g/mol. The quantitative estimate of drug-likeness (QED) is 0.509. The molecule has 2 aromatic carbocycles. The van der Waals surface area contributed by atoms with Gasteiger partial charge in [0, 0.05) is 24.4 Å². The summed E-state index contributed by atoms with van der Waals surface area (Å²) >= 11 is 0. The number of hydrogen-bond acceptors (Lipinski definition) is 7. The Morgan fingerprint density at radius 2 is 1.77 bits per heavy atom. The number of fused-ring (bicyclic) bond motifs is 1. The van der Waals surface area contributed by atoms with Gasteiger partial charge >= 0.3 is 12.2 Å². The predicted octanol–water partition coefficient (Wildman–Crippen LogP) is 3.30. The van der Waals surface area contributed by atoms with Crippen LogP contribution in [0.4, 0.5) is 33.7 Å². The van der Waals surface area contributed by atoms with Crippen LogP contribution in [0.1, 0.15) is 11.1 Å². The molecule has 3 aliphatic rings. The van der Waals surface area contributed by atoms with Gasteiger partial charge in [-0.05, 0) is 35.9 Å². The second-order valence-electron chi connectivity index (χ2n) is 8.93. The third-order valence-electron chi connectivity index (χ3n) is 6.46. The Bertz CT molecular complexity index is 1380. The molecule has 1 fully saturated rings. The minimum Gasteiger partial charge on any atom is -0.382 e. The van der Waals surface area contributed by atoms with Crippen LogP contribution >= 0.6 is 0 Å². The number of benzene rings is 2. The molecule has 1 unspecified atom stereocenters. The Labute approximate surface area is 219 Å². The molecule has 0 aromatic heterocycles. The highest BCUT2D eigenvalue weighted by atomic mass is 19.4. The fraction of sp³-hybridized carbons (Fsp3) is 0.280. The summed E-state index contributed by atoms with van der Waals surface area (Å²) in [6.45, 7) is 2.11. The Morgan fingerprint density at radius 1 is 1.05 bits per heavy atom. The van der Waals surface area contributed by atoms with Crippen molar-refractivity contribution in [3.8, 4) is 0 Å². The van der Waals surface area contributed by atoms with E-state index in [2.05, 4.69) is 20.7 Å². The summed E-state index contributed by atoms with van der Waals surface area (Å²) in [5, 5.41) is 10.4. The second kappa shape index (κ2) is 10.4. The van der Waals surface area contributed by atoms with Crippen molar-refractivity contribution >= 4 is 41.1 Å². The molecule has 1 saturated heterocycles. The number of alkyl halides is 3. The number of carbonyl (C=O) groups excluding carboxylic acids is 2. The van der Waals surface area contributed by atoms with Crippen LogP contribution in [0.2, 0.25) is 0 Å². The van der Waals surface area contributed by atoms with Crippen molar-refractivity contribution in [1.29, 1.82) is 0 Å². The number of halogens is 4. The zero-order valence-corrected chi connectivity index (χ0v) is 20.3. The average Bonchev–Trinajstić information content (AvgIpc) is 3.31. The van der Waals surface area contributed by atoms with Crippen LogP contribution in [-0.2, 0) is 15.7 Å². The molecule has 3 amide bonds. The zero-order valence-electron chi connectivity index (χ0n) is 20.3. The Balaban J connectivity index is 1.36. The van der Waals surface area contributed by atoms with Crippen molar-refractivity contribution in [1.82, 2.24) is 9.91 Å². The fourth-order valence-corrected chi connectivity index (χ4v) is 4.60. The lowest BCUT2D eigenvalue weighted by atomic mass is 9.91. The largest absolute Gasteiger partial charge is 0.416 e. The van der Waals surface area contributed by atoms with E-state index in [-0.39, 0.29) is 24.0 Å². The highest BCUT2D eigenvalue weighted by Gasteiger charge is 2.41. The van der Waals surface area contributed by atoms with Gasteiger partial charge in [0.05, 0.1) is 36.9 Å². The molecule has 0 spiro atoms. The molecule has 204 valence electrons. The smallest absolute Gasteiger partial charge is 0.382 e. The molecule has 0 aliphatic carbocycles. The van der Waals surface area contributed by atoms with Crippen molar-refractivity contribution in [3.05, 3.63) is 65.1 Å². The molecule has 3 heterocycles. The van der Waals surface area contributed by atoms with E-state index in [1.807, 2.05) is 0 Å². The van der Waals surface area contributed by atoms with Gasteiger partial charge in [-0.3, -0.25) is 9.80 Å². The van der Waals surface area contributed by atoms with Gasteiger partial charge < -0.3 is 26.0 Å². The maximum absolute atomic E-state index is 14.0. The van der Waals surface area contributed by atoms with Crippen molar-refractivity contribution in [3.63, 3.8) is 0 Å². The lowest BCUT2D eigenvalue weighted by molar-refractivity contribution is -0.138. The van der Waals surface area contributed by atoms with E-state index in [4.69, 9.17) is 10.5 Å². The number of ether oxygens (including phenoxy) is 1. The fourth-order valence-electron chi connectivity index (χ4n) is 4.60. The summed E-state index contributed by atoms with van der Waals surface area (Å²) in [5.41, 5.74) is 6.51. The number of amides is 3. The average molecular weight is 545 g/mol. The second-order valence-corrected chi connectivity index (χ2v) is 8.93. The molecular weight excluding hydrogens is 522 g/mol. The van der Waals surface area contributed by atoms with Crippen LogP contribution in [0.5, 0.6) is 0 Å². The minimum atomic E-state index is -4.69. The van der Waals surface area contributed by atoms with E-state index in [9.17, 15) is 27.2 Å². The molecule has 10 nitrogen and oxygen atoms in total. The number of hydrazone groups is 1. The molecule has 1 atom stereocenters. The number of carbonyl (C=O) groups is 2. The van der Waals surface area contributed by atoms with Gasteiger partial charge in [0.15, 0.2) is 5.84 Å². The molecule has 3 aliphatic heterocycles. The van der Waals surface area contributed by atoms with Crippen LogP contribution in [-0.4, -0.2) is 66.9 Å². The first kappa shape index (κ1) is 26.2. The van der Waals surface area contributed by atoms with E-state index in [1.54, 1.807) is 34.2 Å². The summed E-state index contributed by atoms with van der Waals surface area (Å²) in [5.74, 6) is -1.48. The van der Waals surface area contributed by atoms with Gasteiger partial charge in [-0.2, -0.15) is 18.3 Å². The van der Waals surface area contributed by atoms with Crippen molar-refractivity contribution in [2.45, 2.75) is 6.18 Å². The SMILES string of the molecule is NC1=NC=NN2CC(C(=O)N3CCOCC3)C(c3ccc(NC(=O)Nc4cc(C(F)(F)F)ccc4F)cc3)=C12. The van der Waals surface area contributed by atoms with Gasteiger partial charge in [0.25, 0.3) is 0 Å². The number of rotatable bonds is 4. The molecule has 0 bridgehead atoms. The lowest BCUT2D eigenvalue weighted by Crippen LogP contribution is -2.44. The van der Waals surface area contributed by atoms with E-state index in [1.165, 1.54) is 6.34 Å². The number of morpholine rings is 1. The van der Waals surface area contributed by atoms with Crippen molar-refractivity contribution < 1.29 is 31.9 Å². The number of nitrogens with two attached hydrogens (primary N) is 1. The summed E-state index contributed by atoms with van der Waals surface area (Å²) in [7, 11) is 0. The normalized spacial score (nSPS) is 19.1. The number of aliphatic imine (C=N–C) groups is 1. The summed E-state index contributed by atoms with van der Waals surface area (Å²) in [6, 6.07) is 7.21. The standard InChI is InChI=1S/C25H23F4N7O3/c26-18-6-3-15(25(27,28)29)11-19(18)34-24(38)33-16-4-1-14(2-5-16)20-17(23(37)35-7-9-39-10-8-35)12-36-21(20)22(30)31-13-32-36/h1-6,11,13,17H,7-10,12H2,(H2,30,31,32)(H2,33,34,38). The van der Waals surface area contributed by atoms with Gasteiger partial charge in [-0.25, -0.2) is 14.2 Å². The number of nitrogens with zero attached hydrogens (tertiary/aromatic N) is 4. The maximum atomic E-state index is 14.0. The highest BCUT2D eigenvalue weighted by molar-refractivity contribution is 6.11. The van der Waals surface area contributed by atoms with E-state index in [0.717, 1.165) is 0 Å². The number of urea groups is 1. The Morgan fingerprint density at radius 3 is 2.46 bits per heavy atom. The topological polar surface area (TPSA) is 125 Å². The number of hydrogen-bond donors (Lipinski definition) is 3. The Hall–Kier alpha value is -4.46. The lowest BCUT2D eigenvalue weighted by Gasteiger charge is -2.30. The molecule has 0 radical (unpaired) electrons.